The largest absolute Gasteiger partial charge is 1.00 e. The number of rotatable bonds is 22. The second-order valence-electron chi connectivity index (χ2n) is 8.71. The second kappa shape index (κ2) is 30.4. The normalized spacial score (nSPS) is 11.0. The molecule has 0 aromatic heterocycles. The quantitative estimate of drug-likeness (QED) is 0.137. The molecular formula is C25H54Cl2N2. The van der Waals surface area contributed by atoms with Crippen molar-refractivity contribution in [2.45, 2.75) is 148 Å². The van der Waals surface area contributed by atoms with E-state index in [1.54, 1.807) is 0 Å². The predicted molar refractivity (Wildman–Crippen MR) is 121 cm³/mol. The van der Waals surface area contributed by atoms with Crippen molar-refractivity contribution in [3.05, 3.63) is 12.2 Å². The molecule has 0 aliphatic carbocycles. The number of halogens is 2. The van der Waals surface area contributed by atoms with E-state index in [4.69, 9.17) is 0 Å². The Kier molecular flexibility index (Phi) is 35.5. The van der Waals surface area contributed by atoms with Crippen LogP contribution in [0.1, 0.15) is 142 Å². The second-order valence-corrected chi connectivity index (χ2v) is 8.71. The first-order valence-electron chi connectivity index (χ1n) is 12.6. The molecule has 0 aromatic rings. The Morgan fingerprint density at radius 2 is 0.793 bits per heavy atom. The lowest BCUT2D eigenvalue weighted by Crippen LogP contribution is -3.00. The van der Waals surface area contributed by atoms with Crippen LogP contribution < -0.4 is 36.3 Å². The molecule has 0 heterocycles. The van der Waals surface area contributed by atoms with E-state index in [-0.39, 0.29) is 24.8 Å². The van der Waals surface area contributed by atoms with Gasteiger partial charge in [-0.25, -0.2) is 0 Å². The third kappa shape index (κ3) is 33.1. The minimum atomic E-state index is 0. The van der Waals surface area contributed by atoms with Crippen molar-refractivity contribution in [3.8, 4) is 0 Å². The van der Waals surface area contributed by atoms with Crippen LogP contribution in [0.25, 0.3) is 0 Å². The highest BCUT2D eigenvalue weighted by Crippen LogP contribution is 2.13. The van der Waals surface area contributed by atoms with E-state index >= 15 is 0 Å². The van der Waals surface area contributed by atoms with E-state index in [1.165, 1.54) is 135 Å². The molecule has 29 heavy (non-hydrogen) atoms. The highest BCUT2D eigenvalue weighted by molar-refractivity contribution is 4.81. The zero-order valence-electron chi connectivity index (χ0n) is 19.8. The van der Waals surface area contributed by atoms with Crippen LogP contribution >= 0.6 is 0 Å². The number of quaternary nitrogens is 2. The molecule has 2 nitrogen and oxygen atoms in total. The van der Waals surface area contributed by atoms with Crippen molar-refractivity contribution in [2.24, 2.45) is 0 Å². The molecule has 0 spiro atoms. The van der Waals surface area contributed by atoms with Gasteiger partial charge in [-0.1, -0.05) is 115 Å². The molecule has 0 aliphatic heterocycles. The fraction of sp³-hybridized carbons (Fsp3) is 0.920. The summed E-state index contributed by atoms with van der Waals surface area (Å²) in [5, 5.41) is 0. The van der Waals surface area contributed by atoms with Crippen LogP contribution in [0.4, 0.5) is 0 Å². The van der Waals surface area contributed by atoms with E-state index in [0.29, 0.717) is 6.17 Å². The van der Waals surface area contributed by atoms with Gasteiger partial charge in [-0.2, -0.15) is 0 Å². The molecule has 0 rings (SSSR count). The number of unbranched alkanes of at least 4 members (excludes halogenated alkanes) is 18. The summed E-state index contributed by atoms with van der Waals surface area (Å²) in [6, 6.07) is 0. The van der Waals surface area contributed by atoms with Crippen molar-refractivity contribution in [2.75, 3.05) is 0 Å². The Morgan fingerprint density at radius 3 is 1.14 bits per heavy atom. The van der Waals surface area contributed by atoms with Crippen LogP contribution in [-0.4, -0.2) is 6.17 Å². The minimum Gasteiger partial charge on any atom is -1.00 e. The van der Waals surface area contributed by atoms with Crippen molar-refractivity contribution in [1.29, 1.82) is 0 Å². The van der Waals surface area contributed by atoms with Crippen molar-refractivity contribution in [1.82, 2.24) is 0 Å². The van der Waals surface area contributed by atoms with E-state index in [0.717, 1.165) is 0 Å². The molecule has 0 saturated heterocycles. The summed E-state index contributed by atoms with van der Waals surface area (Å²) in [5.74, 6) is 0. The van der Waals surface area contributed by atoms with Crippen molar-refractivity contribution < 1.29 is 36.3 Å². The molecule has 0 fully saturated rings. The van der Waals surface area contributed by atoms with E-state index < -0.39 is 0 Å². The molecule has 0 radical (unpaired) electrons. The van der Waals surface area contributed by atoms with Gasteiger partial charge in [0, 0.05) is 0 Å². The van der Waals surface area contributed by atoms with Crippen LogP contribution in [0.2, 0.25) is 0 Å². The molecule has 0 aliphatic rings. The molecule has 0 bridgehead atoms. The van der Waals surface area contributed by atoms with Gasteiger partial charge >= 0.3 is 0 Å². The molecule has 6 N–H and O–H groups in total. The molecule has 0 unspecified atom stereocenters. The maximum atomic E-state index is 3.95. The maximum absolute atomic E-state index is 3.95. The molecular weight excluding hydrogens is 399 g/mol. The average Bonchev–Trinajstić information content (AvgIpc) is 2.65. The zero-order valence-corrected chi connectivity index (χ0v) is 21.3. The van der Waals surface area contributed by atoms with Gasteiger partial charge in [0.1, 0.15) is 0 Å². The standard InChI is InChI=1S/C25H52N2.2ClH/c1-2-3-4-5-6-7-8-9-10-11-12-13-14-15-16-17-18-19-20-21-22-23-24-25(26)27;;/h9-10,25H,2-8,11-24,26-27H2,1H3;2*1H/b10-9-;;. The van der Waals surface area contributed by atoms with E-state index in [2.05, 4.69) is 30.5 Å². The third-order valence-corrected chi connectivity index (χ3v) is 5.62. The summed E-state index contributed by atoms with van der Waals surface area (Å²) in [6.07, 6.45) is 34.6. The average molecular weight is 454 g/mol. The molecule has 4 heteroatoms. The highest BCUT2D eigenvalue weighted by Gasteiger charge is 2.00. The van der Waals surface area contributed by atoms with E-state index in [9.17, 15) is 0 Å². The lowest BCUT2D eigenvalue weighted by Gasteiger charge is -2.03. The van der Waals surface area contributed by atoms with Crippen LogP contribution in [0.5, 0.6) is 0 Å². The summed E-state index contributed by atoms with van der Waals surface area (Å²) in [6.45, 7) is 2.29. The zero-order chi connectivity index (χ0) is 19.8. The Hall–Kier alpha value is 0.240. The van der Waals surface area contributed by atoms with Crippen LogP contribution in [0.15, 0.2) is 12.2 Å². The summed E-state index contributed by atoms with van der Waals surface area (Å²) in [4.78, 5) is 0. The Bertz CT molecular complexity index is 297. The van der Waals surface area contributed by atoms with Crippen LogP contribution in [-0.2, 0) is 0 Å². The monoisotopic (exact) mass is 452 g/mol. The lowest BCUT2D eigenvalue weighted by molar-refractivity contribution is -0.658. The fourth-order valence-corrected chi connectivity index (χ4v) is 3.74. The van der Waals surface area contributed by atoms with Gasteiger partial charge in [0.2, 0.25) is 6.17 Å². The molecule has 178 valence electrons. The Balaban J connectivity index is -0.00000338. The first-order chi connectivity index (χ1) is 13.3. The first kappa shape index (κ1) is 33.9. The van der Waals surface area contributed by atoms with Crippen molar-refractivity contribution in [3.63, 3.8) is 0 Å². The van der Waals surface area contributed by atoms with Gasteiger partial charge < -0.3 is 36.3 Å². The van der Waals surface area contributed by atoms with Gasteiger partial charge in [-0.05, 0) is 32.1 Å². The molecule has 0 saturated carbocycles. The highest BCUT2D eigenvalue weighted by atomic mass is 35.5. The van der Waals surface area contributed by atoms with Crippen LogP contribution in [0, 0.1) is 0 Å². The molecule has 0 amide bonds. The summed E-state index contributed by atoms with van der Waals surface area (Å²) < 4.78 is 0. The Morgan fingerprint density at radius 1 is 0.483 bits per heavy atom. The number of allylic oxidation sites excluding steroid dienone is 2. The summed E-state index contributed by atoms with van der Waals surface area (Å²) in [5.41, 5.74) is 7.90. The predicted octanol–water partition coefficient (Wildman–Crippen LogP) is 0.573. The maximum Gasteiger partial charge on any atom is 0.207 e. The van der Waals surface area contributed by atoms with Crippen molar-refractivity contribution >= 4 is 0 Å². The lowest BCUT2D eigenvalue weighted by atomic mass is 10.0. The molecule has 0 aromatic carbocycles. The third-order valence-electron chi connectivity index (χ3n) is 5.62. The topological polar surface area (TPSA) is 55.3 Å². The van der Waals surface area contributed by atoms with Crippen LogP contribution in [0.3, 0.4) is 0 Å². The number of hydrogen-bond acceptors (Lipinski definition) is 0. The smallest absolute Gasteiger partial charge is 0.207 e. The summed E-state index contributed by atoms with van der Waals surface area (Å²) in [7, 11) is 0. The van der Waals surface area contributed by atoms with Gasteiger partial charge in [0.05, 0.1) is 6.42 Å². The number of hydrogen-bond donors (Lipinski definition) is 2. The SMILES string of the molecule is CCCCCCCC/C=C\CCCCCCCCCCCCCCC([NH3+])[NH3+].[Cl-].[Cl-]. The van der Waals surface area contributed by atoms with Gasteiger partial charge in [0.15, 0.2) is 0 Å². The van der Waals surface area contributed by atoms with E-state index in [1.807, 2.05) is 0 Å². The van der Waals surface area contributed by atoms with Gasteiger partial charge in [0.25, 0.3) is 0 Å². The minimum absolute atomic E-state index is 0. The Labute approximate surface area is 196 Å². The summed E-state index contributed by atoms with van der Waals surface area (Å²) >= 11 is 0. The van der Waals surface area contributed by atoms with Gasteiger partial charge in [-0.15, -0.1) is 0 Å². The fourth-order valence-electron chi connectivity index (χ4n) is 3.74. The van der Waals surface area contributed by atoms with Gasteiger partial charge in [-0.3, -0.25) is 0 Å². The molecule has 0 atom stereocenters. The first-order valence-corrected chi connectivity index (χ1v) is 12.6.